The molecule has 7 rings (SSSR count). The lowest BCUT2D eigenvalue weighted by Gasteiger charge is -2.34. The van der Waals surface area contributed by atoms with Crippen molar-refractivity contribution in [3.8, 4) is 0 Å². The Morgan fingerprint density at radius 1 is 0.583 bits per heavy atom. The van der Waals surface area contributed by atoms with Crippen molar-refractivity contribution in [2.45, 2.75) is 102 Å². The molecule has 4 aromatic rings. The summed E-state index contributed by atoms with van der Waals surface area (Å²) in [6, 6.07) is 20.5. The first kappa shape index (κ1) is 32.2. The lowest BCUT2D eigenvalue weighted by molar-refractivity contribution is -0.143. The minimum atomic E-state index is -0.157. The first-order valence-electron chi connectivity index (χ1n) is 18.0. The Labute approximate surface area is 282 Å². The molecule has 3 aliphatic rings. The van der Waals surface area contributed by atoms with Crippen LogP contribution in [0.1, 0.15) is 111 Å². The molecule has 3 fully saturated rings. The molecule has 0 unspecified atom stereocenters. The smallest absolute Gasteiger partial charge is 0.249 e. The lowest BCUT2D eigenvalue weighted by Crippen LogP contribution is -2.41. The average Bonchev–Trinajstić information content (AvgIpc) is 3.96. The Bertz CT molecular complexity index is 1510. The van der Waals surface area contributed by atoms with Crippen LogP contribution in [0.15, 0.2) is 69.7 Å². The molecule has 10 heteroatoms. The first-order valence-corrected chi connectivity index (χ1v) is 18.0. The van der Waals surface area contributed by atoms with E-state index in [1.807, 2.05) is 21.9 Å². The van der Waals surface area contributed by atoms with Gasteiger partial charge in [-0.3, -0.25) is 9.59 Å². The average molecular weight is 651 g/mol. The Morgan fingerprint density at radius 3 is 1.42 bits per heavy atom. The fraction of sp³-hybridized carbons (Fsp3) is 0.526. The molecule has 0 spiro atoms. The number of nitrogens with zero attached hydrogens (tertiary/aromatic N) is 6. The molecule has 2 amide bonds. The number of carbonyl (C=O) groups is 2. The Balaban J connectivity index is 0.885. The maximum absolute atomic E-state index is 13.8. The highest BCUT2D eigenvalue weighted by atomic mass is 16.5. The van der Waals surface area contributed by atoms with Gasteiger partial charge in [-0.2, -0.15) is 9.97 Å². The van der Waals surface area contributed by atoms with Crippen molar-refractivity contribution in [3.63, 3.8) is 0 Å². The molecule has 10 nitrogen and oxygen atoms in total. The normalized spacial score (nSPS) is 22.8. The third-order valence-electron chi connectivity index (χ3n) is 10.5. The fourth-order valence-electron chi connectivity index (χ4n) is 7.83. The van der Waals surface area contributed by atoms with Gasteiger partial charge in [0.15, 0.2) is 11.6 Å². The van der Waals surface area contributed by atoms with E-state index in [9.17, 15) is 9.59 Å². The zero-order valence-electron chi connectivity index (χ0n) is 27.7. The summed E-state index contributed by atoms with van der Waals surface area (Å²) in [7, 11) is 0. The predicted octanol–water partition coefficient (Wildman–Crippen LogP) is 6.64. The Kier molecular flexibility index (Phi) is 10.2. The second kappa shape index (κ2) is 15.3. The van der Waals surface area contributed by atoms with Crippen LogP contribution in [0.5, 0.6) is 0 Å². The Morgan fingerprint density at radius 2 is 1.00 bits per heavy atom. The molecular weight excluding hydrogens is 604 g/mol. The van der Waals surface area contributed by atoms with Crippen LogP contribution in [-0.4, -0.2) is 55.0 Å². The van der Waals surface area contributed by atoms with Crippen LogP contribution in [-0.2, 0) is 35.3 Å². The van der Waals surface area contributed by atoms with Gasteiger partial charge in [-0.25, -0.2) is 0 Å². The lowest BCUT2D eigenvalue weighted by atomic mass is 9.80. The fourth-order valence-corrected chi connectivity index (χ4v) is 7.83. The van der Waals surface area contributed by atoms with Gasteiger partial charge in [-0.15, -0.1) is 0 Å². The van der Waals surface area contributed by atoms with E-state index >= 15 is 0 Å². The highest BCUT2D eigenvalue weighted by molar-refractivity contribution is 5.82. The molecule has 0 radical (unpaired) electrons. The molecule has 2 aromatic carbocycles. The molecule has 1 saturated carbocycles. The molecule has 2 saturated heterocycles. The van der Waals surface area contributed by atoms with Crippen molar-refractivity contribution in [1.29, 1.82) is 0 Å². The van der Waals surface area contributed by atoms with Gasteiger partial charge < -0.3 is 18.8 Å². The van der Waals surface area contributed by atoms with E-state index in [-0.39, 0.29) is 35.7 Å². The second-order valence-electron chi connectivity index (χ2n) is 13.7. The van der Waals surface area contributed by atoms with Crippen molar-refractivity contribution >= 4 is 11.8 Å². The quantitative estimate of drug-likeness (QED) is 0.168. The van der Waals surface area contributed by atoms with Crippen LogP contribution in [0.2, 0.25) is 0 Å². The van der Waals surface area contributed by atoms with E-state index in [4.69, 9.17) is 19.0 Å². The van der Waals surface area contributed by atoms with E-state index in [1.165, 1.54) is 11.1 Å². The van der Waals surface area contributed by atoms with Gasteiger partial charge in [-0.1, -0.05) is 71.0 Å². The molecule has 0 bridgehead atoms. The van der Waals surface area contributed by atoms with Crippen molar-refractivity contribution in [3.05, 3.63) is 95.2 Å². The summed E-state index contributed by atoms with van der Waals surface area (Å²) in [6.07, 6.45) is 11.7. The second-order valence-corrected chi connectivity index (χ2v) is 13.7. The summed E-state index contributed by atoms with van der Waals surface area (Å²) in [4.78, 5) is 40.8. The SMILES string of the molecule is O=C(C1CCC(C(=O)N2CCC[C@H]2c2nc(CCCc3ccccc3)no2)CC1)N1CCC[C@H]1c1nc(CCCc2ccccc2)no1. The van der Waals surface area contributed by atoms with Crippen molar-refractivity contribution in [1.82, 2.24) is 30.1 Å². The van der Waals surface area contributed by atoms with Gasteiger partial charge in [-0.05, 0) is 88.2 Å². The number of aromatic nitrogens is 4. The number of benzene rings is 2. The van der Waals surface area contributed by atoms with Gasteiger partial charge in [0.1, 0.15) is 12.1 Å². The number of likely N-dealkylation sites (tertiary alicyclic amines) is 2. The summed E-state index contributed by atoms with van der Waals surface area (Å²) < 4.78 is 11.4. The van der Waals surface area contributed by atoms with Gasteiger partial charge in [0.05, 0.1) is 0 Å². The van der Waals surface area contributed by atoms with Gasteiger partial charge in [0.25, 0.3) is 0 Å². The maximum Gasteiger partial charge on any atom is 0.249 e. The van der Waals surface area contributed by atoms with E-state index in [2.05, 4.69) is 58.8 Å². The first-order chi connectivity index (χ1) is 23.6. The topological polar surface area (TPSA) is 118 Å². The number of amides is 2. The zero-order valence-corrected chi connectivity index (χ0v) is 27.7. The van der Waals surface area contributed by atoms with Crippen LogP contribution in [0.4, 0.5) is 0 Å². The molecule has 252 valence electrons. The number of hydrogen-bond acceptors (Lipinski definition) is 8. The number of rotatable bonds is 12. The van der Waals surface area contributed by atoms with E-state index in [1.54, 1.807) is 0 Å². The summed E-state index contributed by atoms with van der Waals surface area (Å²) >= 11 is 0. The Hall–Kier alpha value is -4.34. The summed E-state index contributed by atoms with van der Waals surface area (Å²) in [5.74, 6) is 2.70. The zero-order chi connectivity index (χ0) is 32.7. The van der Waals surface area contributed by atoms with E-state index in [0.29, 0.717) is 36.5 Å². The van der Waals surface area contributed by atoms with Crippen LogP contribution >= 0.6 is 0 Å². The van der Waals surface area contributed by atoms with Gasteiger partial charge >= 0.3 is 0 Å². The van der Waals surface area contributed by atoms with E-state index < -0.39 is 0 Å². The number of aryl methyl sites for hydroxylation is 4. The summed E-state index contributed by atoms with van der Waals surface area (Å²) in [5.41, 5.74) is 2.60. The van der Waals surface area contributed by atoms with Crippen molar-refractivity contribution in [2.75, 3.05) is 13.1 Å². The minimum Gasteiger partial charge on any atom is -0.337 e. The van der Waals surface area contributed by atoms with Crippen LogP contribution in [0.25, 0.3) is 0 Å². The van der Waals surface area contributed by atoms with Crippen molar-refractivity contribution < 1.29 is 18.6 Å². The monoisotopic (exact) mass is 650 g/mol. The van der Waals surface area contributed by atoms with Gasteiger partial charge in [0.2, 0.25) is 23.6 Å². The summed E-state index contributed by atoms with van der Waals surface area (Å²) in [6.45, 7) is 1.42. The van der Waals surface area contributed by atoms with Crippen molar-refractivity contribution in [2.24, 2.45) is 11.8 Å². The maximum atomic E-state index is 13.8. The molecule has 2 aromatic heterocycles. The van der Waals surface area contributed by atoms with E-state index in [0.717, 1.165) is 89.9 Å². The highest BCUT2D eigenvalue weighted by Gasteiger charge is 2.42. The highest BCUT2D eigenvalue weighted by Crippen LogP contribution is 2.39. The predicted molar refractivity (Wildman–Crippen MR) is 178 cm³/mol. The van der Waals surface area contributed by atoms with Crippen LogP contribution in [0.3, 0.4) is 0 Å². The molecule has 2 aliphatic heterocycles. The van der Waals surface area contributed by atoms with Gasteiger partial charge in [0, 0.05) is 37.8 Å². The molecule has 2 atom stereocenters. The standard InChI is InChI=1S/C38H46N6O4/c45-37(43-25-9-17-31(43)35-39-33(41-47-35)19-7-15-27-11-3-1-4-12-27)29-21-23-30(24-22-29)38(46)44-26-10-18-32(44)36-40-34(42-48-36)20-8-16-28-13-5-2-6-14-28/h1-6,11-14,29-32H,7-10,15-26H2/t29?,30?,31-,32-/m0/s1. The molecule has 0 N–H and O–H groups in total. The molecule has 4 heterocycles. The van der Waals surface area contributed by atoms with Crippen LogP contribution < -0.4 is 0 Å². The molecule has 48 heavy (non-hydrogen) atoms. The third kappa shape index (κ3) is 7.53. The third-order valence-corrected chi connectivity index (χ3v) is 10.5. The van der Waals surface area contributed by atoms with Crippen LogP contribution in [0, 0.1) is 11.8 Å². The molecule has 1 aliphatic carbocycles. The minimum absolute atomic E-state index is 0.0772. The molecular formula is C38H46N6O4. The number of hydrogen-bond donors (Lipinski definition) is 0. The summed E-state index contributed by atoms with van der Waals surface area (Å²) in [5, 5.41) is 8.48. The largest absolute Gasteiger partial charge is 0.337 e. The number of carbonyl (C=O) groups excluding carboxylic acids is 2.